The second kappa shape index (κ2) is 7.04. The average molecular weight is 237 g/mol. The Hall–Kier alpha value is -1.39. The number of benzene rings is 1. The maximum Gasteiger partial charge on any atom is 0.307 e. The molecular weight excluding hydrogens is 218 g/mol. The van der Waals surface area contributed by atoms with Gasteiger partial charge in [-0.25, -0.2) is 0 Å². The van der Waals surface area contributed by atoms with Gasteiger partial charge in [0.15, 0.2) is 0 Å². The Bertz CT molecular complexity index is 348. The predicted molar refractivity (Wildman–Crippen MR) is 65.8 cm³/mol. The number of aliphatic hydroxyl groups excluding tert-OH is 1. The third kappa shape index (κ3) is 5.47. The lowest BCUT2D eigenvalue weighted by Gasteiger charge is -2.12. The molecule has 0 saturated heterocycles. The summed E-state index contributed by atoms with van der Waals surface area (Å²) < 4.78 is 0. The molecule has 1 aromatic carbocycles. The van der Waals surface area contributed by atoms with E-state index in [2.05, 4.69) is 5.32 Å². The molecule has 94 valence electrons. The van der Waals surface area contributed by atoms with Gasteiger partial charge >= 0.3 is 5.97 Å². The van der Waals surface area contributed by atoms with Crippen molar-refractivity contribution in [3.63, 3.8) is 0 Å². The summed E-state index contributed by atoms with van der Waals surface area (Å²) in [7, 11) is 0. The fourth-order valence-electron chi connectivity index (χ4n) is 1.54. The minimum Gasteiger partial charge on any atom is -0.481 e. The molecule has 1 aromatic rings. The molecule has 0 bridgehead atoms. The van der Waals surface area contributed by atoms with E-state index in [-0.39, 0.29) is 19.1 Å². The average Bonchev–Trinajstić information content (AvgIpc) is 2.28. The van der Waals surface area contributed by atoms with Gasteiger partial charge in [-0.2, -0.15) is 0 Å². The van der Waals surface area contributed by atoms with E-state index in [1.165, 1.54) is 0 Å². The van der Waals surface area contributed by atoms with Crippen LogP contribution >= 0.6 is 0 Å². The monoisotopic (exact) mass is 237 g/mol. The third-order valence-corrected chi connectivity index (χ3v) is 2.60. The molecule has 4 heteroatoms. The zero-order valence-corrected chi connectivity index (χ0v) is 10.0. The maximum absolute atomic E-state index is 10.5. The van der Waals surface area contributed by atoms with E-state index in [0.717, 1.165) is 24.1 Å². The van der Waals surface area contributed by atoms with E-state index in [4.69, 9.17) is 10.2 Å². The molecule has 3 N–H and O–H groups in total. The van der Waals surface area contributed by atoms with Gasteiger partial charge in [-0.3, -0.25) is 4.79 Å². The first-order valence-electron chi connectivity index (χ1n) is 5.75. The van der Waals surface area contributed by atoms with E-state index < -0.39 is 5.97 Å². The highest BCUT2D eigenvalue weighted by atomic mass is 16.4. The minimum absolute atomic E-state index is 0.0641. The van der Waals surface area contributed by atoms with E-state index in [1.807, 2.05) is 31.2 Å². The predicted octanol–water partition coefficient (Wildman–Crippen LogP) is 1.17. The minimum atomic E-state index is -0.813. The van der Waals surface area contributed by atoms with E-state index in [9.17, 15) is 4.79 Å². The molecular formula is C13H19NO3. The van der Waals surface area contributed by atoms with Crippen molar-refractivity contribution in [3.05, 3.63) is 35.4 Å². The highest BCUT2D eigenvalue weighted by Gasteiger charge is 2.02. The summed E-state index contributed by atoms with van der Waals surface area (Å²) in [5, 5.41) is 20.7. The Balaban J connectivity index is 2.42. The van der Waals surface area contributed by atoms with Gasteiger partial charge in [0.25, 0.3) is 0 Å². The number of nitrogens with one attached hydrogen (secondary N) is 1. The van der Waals surface area contributed by atoms with Crippen LogP contribution < -0.4 is 5.32 Å². The van der Waals surface area contributed by atoms with E-state index >= 15 is 0 Å². The molecule has 1 atom stereocenters. The summed E-state index contributed by atoms with van der Waals surface area (Å²) in [5.74, 6) is -0.813. The summed E-state index contributed by atoms with van der Waals surface area (Å²) in [6.45, 7) is 2.94. The molecule has 0 heterocycles. The first-order valence-corrected chi connectivity index (χ1v) is 5.75. The van der Waals surface area contributed by atoms with Crippen molar-refractivity contribution in [2.45, 2.75) is 32.4 Å². The molecule has 0 aliphatic rings. The number of aliphatic hydroxyl groups is 1. The standard InChI is InChI=1S/C13H19NO3/c1-10(6-7-15)14-9-12-4-2-11(3-5-12)8-13(16)17/h2-5,10,14-15H,6-9H2,1H3,(H,16,17). The highest BCUT2D eigenvalue weighted by Crippen LogP contribution is 2.05. The van der Waals surface area contributed by atoms with Gasteiger partial charge in [-0.15, -0.1) is 0 Å². The Morgan fingerprint density at radius 1 is 1.29 bits per heavy atom. The molecule has 1 rings (SSSR count). The number of rotatable bonds is 7. The van der Waals surface area contributed by atoms with E-state index in [0.29, 0.717) is 0 Å². The number of carbonyl (C=O) groups is 1. The van der Waals surface area contributed by atoms with Crippen molar-refractivity contribution in [3.8, 4) is 0 Å². The molecule has 17 heavy (non-hydrogen) atoms. The SMILES string of the molecule is CC(CCO)NCc1ccc(CC(=O)O)cc1. The van der Waals surface area contributed by atoms with E-state index in [1.54, 1.807) is 0 Å². The van der Waals surface area contributed by atoms with Crippen LogP contribution in [0.4, 0.5) is 0 Å². The smallest absolute Gasteiger partial charge is 0.307 e. The summed E-state index contributed by atoms with van der Waals surface area (Å²) in [5.41, 5.74) is 1.92. The fraction of sp³-hybridized carbons (Fsp3) is 0.462. The number of hydrogen-bond acceptors (Lipinski definition) is 3. The summed E-state index contributed by atoms with van der Waals surface area (Å²) in [6, 6.07) is 7.80. The van der Waals surface area contributed by atoms with Crippen molar-refractivity contribution in [1.82, 2.24) is 5.32 Å². The summed E-state index contributed by atoms with van der Waals surface area (Å²) >= 11 is 0. The molecule has 0 aliphatic heterocycles. The van der Waals surface area contributed by atoms with Crippen molar-refractivity contribution in [1.29, 1.82) is 0 Å². The fourth-order valence-corrected chi connectivity index (χ4v) is 1.54. The van der Waals surface area contributed by atoms with Crippen LogP contribution in [0.25, 0.3) is 0 Å². The van der Waals surface area contributed by atoms with Crippen molar-refractivity contribution < 1.29 is 15.0 Å². The Morgan fingerprint density at radius 2 is 1.88 bits per heavy atom. The van der Waals surface area contributed by atoms with Crippen LogP contribution in [-0.2, 0) is 17.8 Å². The van der Waals surface area contributed by atoms with Crippen LogP contribution in [0.2, 0.25) is 0 Å². The van der Waals surface area contributed by atoms with Gasteiger partial charge in [-0.1, -0.05) is 24.3 Å². The molecule has 0 aromatic heterocycles. The quantitative estimate of drug-likeness (QED) is 0.666. The second-order valence-corrected chi connectivity index (χ2v) is 4.18. The normalized spacial score (nSPS) is 12.4. The van der Waals surface area contributed by atoms with Crippen LogP contribution in [0, 0.1) is 0 Å². The zero-order valence-electron chi connectivity index (χ0n) is 10.0. The molecule has 0 saturated carbocycles. The number of carboxylic acids is 1. The molecule has 0 spiro atoms. The Morgan fingerprint density at radius 3 is 2.41 bits per heavy atom. The van der Waals surface area contributed by atoms with Gasteiger partial charge in [0, 0.05) is 19.2 Å². The van der Waals surface area contributed by atoms with Gasteiger partial charge in [0.2, 0.25) is 0 Å². The largest absolute Gasteiger partial charge is 0.481 e. The molecule has 0 amide bonds. The first-order chi connectivity index (χ1) is 8.11. The molecule has 0 aliphatic carbocycles. The van der Waals surface area contributed by atoms with Crippen LogP contribution in [0.5, 0.6) is 0 Å². The zero-order chi connectivity index (χ0) is 12.7. The van der Waals surface area contributed by atoms with Crippen molar-refractivity contribution in [2.24, 2.45) is 0 Å². The van der Waals surface area contributed by atoms with Gasteiger partial charge < -0.3 is 15.5 Å². The summed E-state index contributed by atoms with van der Waals surface area (Å²) in [4.78, 5) is 10.5. The number of carboxylic acid groups (broad SMARTS) is 1. The lowest BCUT2D eigenvalue weighted by molar-refractivity contribution is -0.136. The third-order valence-electron chi connectivity index (χ3n) is 2.60. The van der Waals surface area contributed by atoms with Crippen LogP contribution in [0.3, 0.4) is 0 Å². The van der Waals surface area contributed by atoms with Gasteiger partial charge in [0.05, 0.1) is 6.42 Å². The van der Waals surface area contributed by atoms with Gasteiger partial charge in [0.1, 0.15) is 0 Å². The highest BCUT2D eigenvalue weighted by molar-refractivity contribution is 5.70. The summed E-state index contributed by atoms with van der Waals surface area (Å²) in [6.07, 6.45) is 0.797. The topological polar surface area (TPSA) is 69.6 Å². The maximum atomic E-state index is 10.5. The Labute approximate surface area is 101 Å². The molecule has 4 nitrogen and oxygen atoms in total. The van der Waals surface area contributed by atoms with Crippen LogP contribution in [0.15, 0.2) is 24.3 Å². The molecule has 1 unspecified atom stereocenters. The van der Waals surface area contributed by atoms with Crippen molar-refractivity contribution >= 4 is 5.97 Å². The molecule has 0 radical (unpaired) electrons. The second-order valence-electron chi connectivity index (χ2n) is 4.18. The first kappa shape index (κ1) is 13.7. The van der Waals surface area contributed by atoms with Crippen LogP contribution in [0.1, 0.15) is 24.5 Å². The van der Waals surface area contributed by atoms with Crippen molar-refractivity contribution in [2.75, 3.05) is 6.61 Å². The number of aliphatic carboxylic acids is 1. The number of hydrogen-bond donors (Lipinski definition) is 3. The molecule has 0 fully saturated rings. The van der Waals surface area contributed by atoms with Crippen LogP contribution in [-0.4, -0.2) is 28.8 Å². The lowest BCUT2D eigenvalue weighted by Crippen LogP contribution is -2.26. The Kier molecular flexibility index (Phi) is 5.66. The van der Waals surface area contributed by atoms with Gasteiger partial charge in [-0.05, 0) is 24.5 Å². The lowest BCUT2D eigenvalue weighted by atomic mass is 10.1.